The second-order valence-electron chi connectivity index (χ2n) is 7.33. The van der Waals surface area contributed by atoms with Gasteiger partial charge in [0.15, 0.2) is 0 Å². The molecule has 0 saturated heterocycles. The van der Waals surface area contributed by atoms with Gasteiger partial charge in [-0.05, 0) is 57.2 Å². The van der Waals surface area contributed by atoms with E-state index in [-0.39, 0.29) is 9.79 Å². The van der Waals surface area contributed by atoms with E-state index in [1.807, 2.05) is 63.2 Å². The molecule has 0 aliphatic rings. The van der Waals surface area contributed by atoms with Gasteiger partial charge in [-0.2, -0.15) is 0 Å². The number of nitrogens with one attached hydrogen (secondary N) is 1. The summed E-state index contributed by atoms with van der Waals surface area (Å²) in [6.07, 6.45) is 1.45. The van der Waals surface area contributed by atoms with E-state index in [9.17, 15) is 8.42 Å². The molecular weight excluding hydrogens is 380 g/mol. The summed E-state index contributed by atoms with van der Waals surface area (Å²) in [5.41, 5.74) is 5.30. The molecule has 0 fully saturated rings. The van der Waals surface area contributed by atoms with Crippen LogP contribution in [0, 0.1) is 20.8 Å². The third-order valence-corrected chi connectivity index (χ3v) is 6.71. The van der Waals surface area contributed by atoms with Crippen molar-refractivity contribution in [3.63, 3.8) is 0 Å². The predicted octanol–water partition coefficient (Wildman–Crippen LogP) is 5.74. The summed E-state index contributed by atoms with van der Waals surface area (Å²) >= 11 is 0. The van der Waals surface area contributed by atoms with Crippen molar-refractivity contribution in [1.82, 2.24) is 4.98 Å². The molecule has 0 aliphatic heterocycles. The molecule has 0 unspecified atom stereocenters. The molecule has 4 rings (SSSR count). The zero-order valence-corrected chi connectivity index (χ0v) is 17.4. The first-order valence-electron chi connectivity index (χ1n) is 9.39. The molecule has 4 aromatic rings. The van der Waals surface area contributed by atoms with Crippen molar-refractivity contribution in [1.29, 1.82) is 0 Å². The largest absolute Gasteiger partial charge is 0.354 e. The number of pyridine rings is 1. The molecule has 1 N–H and O–H groups in total. The number of hydrogen-bond donors (Lipinski definition) is 1. The third kappa shape index (κ3) is 3.74. The first kappa shape index (κ1) is 19.2. The summed E-state index contributed by atoms with van der Waals surface area (Å²) in [6.45, 7) is 5.93. The third-order valence-electron chi connectivity index (χ3n) is 4.93. The van der Waals surface area contributed by atoms with Crippen molar-refractivity contribution in [2.45, 2.75) is 30.6 Å². The molecule has 1 heterocycles. The molecule has 29 heavy (non-hydrogen) atoms. The maximum atomic E-state index is 13.5. The van der Waals surface area contributed by atoms with Crippen LogP contribution in [0.2, 0.25) is 0 Å². The highest BCUT2D eigenvalue weighted by Gasteiger charge is 2.24. The lowest BCUT2D eigenvalue weighted by atomic mass is 10.1. The van der Waals surface area contributed by atoms with Gasteiger partial charge < -0.3 is 5.32 Å². The SMILES string of the molecule is Cc1ccc(Nc2c(S(=O)(=O)c3ccc(C)cc3)cnc3ccc(C)cc23)cc1. The first-order chi connectivity index (χ1) is 13.8. The summed E-state index contributed by atoms with van der Waals surface area (Å²) in [5, 5.41) is 4.11. The van der Waals surface area contributed by atoms with E-state index in [2.05, 4.69) is 10.3 Å². The van der Waals surface area contributed by atoms with Crippen molar-refractivity contribution in [2.75, 3.05) is 5.32 Å². The first-order valence-corrected chi connectivity index (χ1v) is 10.9. The molecule has 146 valence electrons. The lowest BCUT2D eigenvalue weighted by Gasteiger charge is -2.16. The molecule has 0 saturated carbocycles. The van der Waals surface area contributed by atoms with Crippen LogP contribution in [0.25, 0.3) is 10.9 Å². The zero-order valence-electron chi connectivity index (χ0n) is 16.6. The van der Waals surface area contributed by atoms with E-state index in [1.54, 1.807) is 24.3 Å². The minimum absolute atomic E-state index is 0.167. The standard InChI is InChI=1S/C24H22N2O2S/c1-16-4-9-19(10-5-16)26-24-21-14-18(3)8-13-22(21)25-15-23(24)29(27,28)20-11-6-17(2)7-12-20/h4-15H,1-3H3,(H,25,26). The van der Waals surface area contributed by atoms with Crippen molar-refractivity contribution in [3.8, 4) is 0 Å². The fourth-order valence-electron chi connectivity index (χ4n) is 3.25. The molecule has 5 heteroatoms. The van der Waals surface area contributed by atoms with E-state index >= 15 is 0 Å². The van der Waals surface area contributed by atoms with Crippen molar-refractivity contribution in [2.24, 2.45) is 0 Å². The van der Waals surface area contributed by atoms with Crippen LogP contribution >= 0.6 is 0 Å². The van der Waals surface area contributed by atoms with E-state index in [0.717, 1.165) is 33.3 Å². The summed E-state index contributed by atoms with van der Waals surface area (Å²) in [4.78, 5) is 4.85. The number of fused-ring (bicyclic) bond motifs is 1. The van der Waals surface area contributed by atoms with Crippen LogP contribution < -0.4 is 5.32 Å². The Balaban J connectivity index is 1.95. The molecule has 0 bridgehead atoms. The van der Waals surface area contributed by atoms with Gasteiger partial charge in [0.1, 0.15) is 4.90 Å². The van der Waals surface area contributed by atoms with Crippen LogP contribution in [0.5, 0.6) is 0 Å². The Morgan fingerprint density at radius 2 is 1.34 bits per heavy atom. The molecule has 0 amide bonds. The Morgan fingerprint density at radius 1 is 0.759 bits per heavy atom. The fourth-order valence-corrected chi connectivity index (χ4v) is 4.62. The van der Waals surface area contributed by atoms with Crippen LogP contribution in [-0.4, -0.2) is 13.4 Å². The Kier molecular flexibility index (Phi) is 4.84. The van der Waals surface area contributed by atoms with Crippen LogP contribution in [0.3, 0.4) is 0 Å². The molecule has 0 spiro atoms. The highest BCUT2D eigenvalue weighted by molar-refractivity contribution is 7.91. The number of anilines is 2. The minimum atomic E-state index is -3.74. The van der Waals surface area contributed by atoms with Crippen LogP contribution in [0.4, 0.5) is 11.4 Å². The second kappa shape index (κ2) is 7.33. The van der Waals surface area contributed by atoms with Gasteiger partial charge in [0.2, 0.25) is 9.84 Å². The van der Waals surface area contributed by atoms with Gasteiger partial charge in [-0.1, -0.05) is 47.0 Å². The van der Waals surface area contributed by atoms with Gasteiger partial charge in [0, 0.05) is 17.3 Å². The van der Waals surface area contributed by atoms with Crippen LogP contribution in [-0.2, 0) is 9.84 Å². The molecule has 0 atom stereocenters. The molecule has 0 aliphatic carbocycles. The monoisotopic (exact) mass is 402 g/mol. The number of benzene rings is 3. The van der Waals surface area contributed by atoms with E-state index in [1.165, 1.54) is 6.20 Å². The number of sulfone groups is 1. The lowest BCUT2D eigenvalue weighted by Crippen LogP contribution is -2.07. The van der Waals surface area contributed by atoms with Gasteiger partial charge in [0.25, 0.3) is 0 Å². The molecule has 4 nitrogen and oxygen atoms in total. The number of aryl methyl sites for hydroxylation is 3. The number of aromatic nitrogens is 1. The van der Waals surface area contributed by atoms with Gasteiger partial charge >= 0.3 is 0 Å². The second-order valence-corrected chi connectivity index (χ2v) is 9.24. The normalized spacial score (nSPS) is 11.6. The zero-order chi connectivity index (χ0) is 20.6. The smallest absolute Gasteiger partial charge is 0.210 e. The maximum Gasteiger partial charge on any atom is 0.210 e. The van der Waals surface area contributed by atoms with E-state index in [4.69, 9.17) is 0 Å². The van der Waals surface area contributed by atoms with Gasteiger partial charge in [-0.25, -0.2) is 8.42 Å². The summed E-state index contributed by atoms with van der Waals surface area (Å²) in [7, 11) is -3.74. The predicted molar refractivity (Wildman–Crippen MR) is 118 cm³/mol. The summed E-state index contributed by atoms with van der Waals surface area (Å²) < 4.78 is 26.9. The average molecular weight is 403 g/mol. The highest BCUT2D eigenvalue weighted by atomic mass is 32.2. The Labute approximate surface area is 171 Å². The van der Waals surface area contributed by atoms with Crippen molar-refractivity contribution in [3.05, 3.63) is 89.6 Å². The Morgan fingerprint density at radius 3 is 2.00 bits per heavy atom. The number of nitrogens with zero attached hydrogens (tertiary/aromatic N) is 1. The van der Waals surface area contributed by atoms with Crippen LogP contribution in [0.15, 0.2) is 82.7 Å². The van der Waals surface area contributed by atoms with E-state index < -0.39 is 9.84 Å². The van der Waals surface area contributed by atoms with E-state index in [0.29, 0.717) is 5.69 Å². The highest BCUT2D eigenvalue weighted by Crippen LogP contribution is 2.35. The lowest BCUT2D eigenvalue weighted by molar-refractivity contribution is 0.596. The molecular formula is C24H22N2O2S. The summed E-state index contributed by atoms with van der Waals surface area (Å²) in [6, 6.07) is 20.6. The van der Waals surface area contributed by atoms with Gasteiger partial charge in [0.05, 0.1) is 16.1 Å². The minimum Gasteiger partial charge on any atom is -0.354 e. The number of hydrogen-bond acceptors (Lipinski definition) is 4. The average Bonchev–Trinajstić information content (AvgIpc) is 2.70. The fraction of sp³-hybridized carbons (Fsp3) is 0.125. The molecule has 1 aromatic heterocycles. The Bertz CT molecular complexity index is 1290. The van der Waals surface area contributed by atoms with Gasteiger partial charge in [-0.3, -0.25) is 4.98 Å². The van der Waals surface area contributed by atoms with Crippen molar-refractivity contribution >= 4 is 32.1 Å². The van der Waals surface area contributed by atoms with Gasteiger partial charge in [-0.15, -0.1) is 0 Å². The quantitative estimate of drug-likeness (QED) is 0.473. The van der Waals surface area contributed by atoms with Crippen LogP contribution in [0.1, 0.15) is 16.7 Å². The number of rotatable bonds is 4. The molecule has 3 aromatic carbocycles. The summed E-state index contributed by atoms with van der Waals surface area (Å²) in [5.74, 6) is 0. The maximum absolute atomic E-state index is 13.5. The molecule has 0 radical (unpaired) electrons. The van der Waals surface area contributed by atoms with Crippen molar-refractivity contribution < 1.29 is 8.42 Å². The Hall–Kier alpha value is -3.18. The topological polar surface area (TPSA) is 59.1 Å².